The van der Waals surface area contributed by atoms with Crippen LogP contribution in [0.2, 0.25) is 0 Å². The van der Waals surface area contributed by atoms with E-state index in [1.807, 2.05) is 36.2 Å². The molecule has 0 atom stereocenters. The molecule has 0 bridgehead atoms. The number of hydrogen-bond acceptors (Lipinski definition) is 3. The van der Waals surface area contributed by atoms with Crippen LogP contribution in [-0.4, -0.2) is 44.1 Å². The van der Waals surface area contributed by atoms with Crippen molar-refractivity contribution in [2.45, 2.75) is 25.5 Å². The Bertz CT molecular complexity index is 428. The lowest BCUT2D eigenvalue weighted by molar-refractivity contribution is 0.0703. The van der Waals surface area contributed by atoms with E-state index in [0.717, 1.165) is 37.1 Å². The highest BCUT2D eigenvalue weighted by Crippen LogP contribution is 2.15. The van der Waals surface area contributed by atoms with E-state index in [4.69, 9.17) is 4.74 Å². The Morgan fingerprint density at radius 3 is 2.84 bits per heavy atom. The molecular weight excluding hydrogens is 240 g/mol. The largest absolute Gasteiger partial charge is 0.380 e. The van der Waals surface area contributed by atoms with Crippen LogP contribution in [0.25, 0.3) is 0 Å². The Labute approximate surface area is 114 Å². The minimum Gasteiger partial charge on any atom is -0.380 e. The monoisotopic (exact) mass is 262 g/mol. The average Bonchev–Trinajstić information content (AvgIpc) is 2.47. The van der Waals surface area contributed by atoms with Crippen LogP contribution in [0.4, 0.5) is 0 Å². The van der Waals surface area contributed by atoms with E-state index in [-0.39, 0.29) is 5.91 Å². The molecule has 1 fully saturated rings. The first-order chi connectivity index (χ1) is 9.22. The van der Waals surface area contributed by atoms with Gasteiger partial charge in [0.2, 0.25) is 0 Å². The van der Waals surface area contributed by atoms with Gasteiger partial charge in [-0.1, -0.05) is 12.1 Å². The molecule has 1 amide bonds. The second-order valence-electron chi connectivity index (χ2n) is 5.03. The minimum atomic E-state index is 0.102. The molecule has 1 aromatic rings. The lowest BCUT2D eigenvalue weighted by Crippen LogP contribution is -2.43. The van der Waals surface area contributed by atoms with E-state index >= 15 is 0 Å². The van der Waals surface area contributed by atoms with Crippen LogP contribution in [0.3, 0.4) is 0 Å². The summed E-state index contributed by atoms with van der Waals surface area (Å²) in [5, 5.41) is 3.32. The standard InChI is InChI=1S/C15H22N2O2/c1-17(14-6-8-16-9-7-14)15(18)13-5-3-4-12(10-13)11-19-2/h3-5,10,14,16H,6-9,11H2,1-2H3. The highest BCUT2D eigenvalue weighted by Gasteiger charge is 2.22. The van der Waals surface area contributed by atoms with E-state index in [0.29, 0.717) is 12.6 Å². The van der Waals surface area contributed by atoms with Crippen LogP contribution in [0.1, 0.15) is 28.8 Å². The Morgan fingerprint density at radius 2 is 2.16 bits per heavy atom. The Kier molecular flexibility index (Phi) is 4.93. The molecule has 1 aliphatic rings. The molecule has 1 aliphatic heterocycles. The third-order valence-corrected chi connectivity index (χ3v) is 3.66. The van der Waals surface area contributed by atoms with Crippen molar-refractivity contribution in [2.75, 3.05) is 27.2 Å². The molecule has 0 aliphatic carbocycles. The third-order valence-electron chi connectivity index (χ3n) is 3.66. The molecule has 2 rings (SSSR count). The first kappa shape index (κ1) is 14.0. The zero-order valence-corrected chi connectivity index (χ0v) is 11.7. The van der Waals surface area contributed by atoms with Gasteiger partial charge in [-0.05, 0) is 43.6 Å². The average molecular weight is 262 g/mol. The van der Waals surface area contributed by atoms with Gasteiger partial charge >= 0.3 is 0 Å². The Hall–Kier alpha value is -1.39. The molecule has 0 spiro atoms. The number of nitrogens with zero attached hydrogens (tertiary/aromatic N) is 1. The molecule has 0 radical (unpaired) electrons. The molecule has 19 heavy (non-hydrogen) atoms. The Balaban J connectivity index is 2.07. The fourth-order valence-electron chi connectivity index (χ4n) is 2.52. The molecule has 1 N–H and O–H groups in total. The van der Waals surface area contributed by atoms with Gasteiger partial charge in [0.25, 0.3) is 5.91 Å². The number of carbonyl (C=O) groups excluding carboxylic acids is 1. The van der Waals surface area contributed by atoms with Gasteiger partial charge in [0.05, 0.1) is 6.61 Å². The van der Waals surface area contributed by atoms with Crippen LogP contribution >= 0.6 is 0 Å². The van der Waals surface area contributed by atoms with Crippen LogP contribution in [0, 0.1) is 0 Å². The molecule has 1 aromatic carbocycles. The summed E-state index contributed by atoms with van der Waals surface area (Å²) >= 11 is 0. The Morgan fingerprint density at radius 1 is 1.42 bits per heavy atom. The fourth-order valence-corrected chi connectivity index (χ4v) is 2.52. The van der Waals surface area contributed by atoms with Gasteiger partial charge in [0.1, 0.15) is 0 Å². The van der Waals surface area contributed by atoms with E-state index in [9.17, 15) is 4.79 Å². The lowest BCUT2D eigenvalue weighted by atomic mass is 10.0. The summed E-state index contributed by atoms with van der Waals surface area (Å²) in [7, 11) is 3.57. The predicted molar refractivity (Wildman–Crippen MR) is 75.1 cm³/mol. The smallest absolute Gasteiger partial charge is 0.253 e. The van der Waals surface area contributed by atoms with Crippen molar-refractivity contribution in [3.63, 3.8) is 0 Å². The molecule has 0 aromatic heterocycles. The van der Waals surface area contributed by atoms with E-state index in [1.165, 1.54) is 0 Å². The quantitative estimate of drug-likeness (QED) is 0.897. The number of carbonyl (C=O) groups is 1. The van der Waals surface area contributed by atoms with Crippen molar-refractivity contribution in [3.8, 4) is 0 Å². The number of hydrogen-bond donors (Lipinski definition) is 1. The zero-order valence-electron chi connectivity index (χ0n) is 11.7. The van der Waals surface area contributed by atoms with Gasteiger partial charge in [0, 0.05) is 25.8 Å². The number of nitrogens with one attached hydrogen (secondary N) is 1. The number of benzene rings is 1. The maximum atomic E-state index is 12.5. The first-order valence-electron chi connectivity index (χ1n) is 6.78. The maximum Gasteiger partial charge on any atom is 0.253 e. The number of methoxy groups -OCH3 is 1. The van der Waals surface area contributed by atoms with Gasteiger partial charge in [-0.25, -0.2) is 0 Å². The van der Waals surface area contributed by atoms with Crippen molar-refractivity contribution in [1.29, 1.82) is 0 Å². The normalized spacial score (nSPS) is 16.3. The number of amides is 1. The summed E-state index contributed by atoms with van der Waals surface area (Å²) in [6.07, 6.45) is 2.06. The molecule has 104 valence electrons. The van der Waals surface area contributed by atoms with Gasteiger partial charge in [-0.3, -0.25) is 4.79 Å². The van der Waals surface area contributed by atoms with Crippen molar-refractivity contribution in [3.05, 3.63) is 35.4 Å². The van der Waals surface area contributed by atoms with Crippen molar-refractivity contribution >= 4 is 5.91 Å². The van der Waals surface area contributed by atoms with E-state index in [2.05, 4.69) is 5.32 Å². The van der Waals surface area contributed by atoms with Gasteiger partial charge in [-0.2, -0.15) is 0 Å². The maximum absolute atomic E-state index is 12.5. The summed E-state index contributed by atoms with van der Waals surface area (Å²) < 4.78 is 5.11. The number of rotatable bonds is 4. The number of ether oxygens (including phenoxy) is 1. The topological polar surface area (TPSA) is 41.6 Å². The second-order valence-corrected chi connectivity index (χ2v) is 5.03. The fraction of sp³-hybridized carbons (Fsp3) is 0.533. The van der Waals surface area contributed by atoms with Gasteiger partial charge < -0.3 is 15.0 Å². The summed E-state index contributed by atoms with van der Waals surface area (Å²) in [4.78, 5) is 14.3. The van der Waals surface area contributed by atoms with Crippen molar-refractivity contribution in [1.82, 2.24) is 10.2 Å². The summed E-state index contributed by atoms with van der Waals surface area (Å²) in [5.41, 5.74) is 1.78. The lowest BCUT2D eigenvalue weighted by Gasteiger charge is -2.31. The SMILES string of the molecule is COCc1cccc(C(=O)N(C)C2CCNCC2)c1. The van der Waals surface area contributed by atoms with Crippen LogP contribution in [0.15, 0.2) is 24.3 Å². The molecule has 1 saturated heterocycles. The third kappa shape index (κ3) is 3.55. The van der Waals surface area contributed by atoms with Crippen LogP contribution in [0.5, 0.6) is 0 Å². The molecular formula is C15H22N2O2. The van der Waals surface area contributed by atoms with Gasteiger partial charge in [-0.15, -0.1) is 0 Å². The van der Waals surface area contributed by atoms with Gasteiger partial charge in [0.15, 0.2) is 0 Å². The summed E-state index contributed by atoms with van der Waals surface area (Å²) in [6.45, 7) is 2.52. The predicted octanol–water partition coefficient (Wildman–Crippen LogP) is 1.66. The van der Waals surface area contributed by atoms with Crippen molar-refractivity contribution < 1.29 is 9.53 Å². The highest BCUT2D eigenvalue weighted by molar-refractivity contribution is 5.94. The zero-order chi connectivity index (χ0) is 13.7. The molecule has 4 nitrogen and oxygen atoms in total. The molecule has 0 unspecified atom stereocenters. The molecule has 4 heteroatoms. The highest BCUT2D eigenvalue weighted by atomic mass is 16.5. The first-order valence-corrected chi connectivity index (χ1v) is 6.78. The van der Waals surface area contributed by atoms with Crippen LogP contribution in [-0.2, 0) is 11.3 Å². The summed E-state index contributed by atoms with van der Waals surface area (Å²) in [5.74, 6) is 0.102. The number of piperidine rings is 1. The molecule has 0 saturated carbocycles. The molecule has 1 heterocycles. The van der Waals surface area contributed by atoms with Crippen LogP contribution < -0.4 is 5.32 Å². The van der Waals surface area contributed by atoms with E-state index in [1.54, 1.807) is 7.11 Å². The summed E-state index contributed by atoms with van der Waals surface area (Å²) in [6, 6.07) is 8.03. The van der Waals surface area contributed by atoms with Crippen molar-refractivity contribution in [2.24, 2.45) is 0 Å². The minimum absolute atomic E-state index is 0.102. The second kappa shape index (κ2) is 6.68. The van der Waals surface area contributed by atoms with E-state index < -0.39 is 0 Å².